The van der Waals surface area contributed by atoms with E-state index in [-0.39, 0.29) is 24.4 Å². The number of amides is 2. The van der Waals surface area contributed by atoms with Crippen LogP contribution in [0.5, 0.6) is 0 Å². The number of hydrogen-bond acceptors (Lipinski definition) is 4. The maximum atomic E-state index is 12.1. The zero-order chi connectivity index (χ0) is 18.8. The van der Waals surface area contributed by atoms with Gasteiger partial charge in [0.15, 0.2) is 0 Å². The second-order valence-corrected chi connectivity index (χ2v) is 8.17. The number of anilines is 1. The van der Waals surface area contributed by atoms with E-state index in [4.69, 9.17) is 4.62 Å². The first-order valence-corrected chi connectivity index (χ1v) is 13.0. The Bertz CT molecular complexity index is 615. The van der Waals surface area contributed by atoms with Gasteiger partial charge in [0.05, 0.1) is 6.10 Å². The Morgan fingerprint density at radius 3 is 2.65 bits per heavy atom. The topological polar surface area (TPSA) is 87.7 Å². The van der Waals surface area contributed by atoms with Gasteiger partial charge in [-0.1, -0.05) is 18.9 Å². The first-order chi connectivity index (χ1) is 12.6. The molecule has 1 aliphatic rings. The molecule has 8 heteroatoms. The van der Waals surface area contributed by atoms with Crippen LogP contribution in [0.3, 0.4) is 0 Å². The summed E-state index contributed by atoms with van der Waals surface area (Å²) in [7, 11) is 0. The van der Waals surface area contributed by atoms with E-state index in [0.29, 0.717) is 12.8 Å². The molecular formula is C18H26IN2O4P. The number of aliphatic hydroxyl groups is 1. The van der Waals surface area contributed by atoms with E-state index in [1.54, 1.807) is 0 Å². The number of carbonyl (C=O) groups excluding carboxylic acids is 2. The largest absolute Gasteiger partial charge is 0.388 e. The summed E-state index contributed by atoms with van der Waals surface area (Å²) in [4.78, 5) is 23.4. The third-order valence-electron chi connectivity index (χ3n) is 4.47. The highest BCUT2D eigenvalue weighted by Crippen LogP contribution is 2.31. The Labute approximate surface area is 169 Å². The Morgan fingerprint density at radius 1 is 1.19 bits per heavy atom. The van der Waals surface area contributed by atoms with Crippen LogP contribution in [0.1, 0.15) is 68.6 Å². The number of halogens is 1. The number of aliphatic hydroxyl groups excluding tert-OH is 1. The molecule has 0 aromatic heterocycles. The summed E-state index contributed by atoms with van der Waals surface area (Å²) in [6.45, 7) is 0.222. The second-order valence-electron chi connectivity index (χ2n) is 6.49. The quantitative estimate of drug-likeness (QED) is 0.197. The third-order valence-corrected chi connectivity index (χ3v) is 5.31. The van der Waals surface area contributed by atoms with Crippen LogP contribution in [-0.2, 0) is 20.6 Å². The molecule has 1 aromatic carbocycles. The molecule has 0 radical (unpaired) electrons. The van der Waals surface area contributed by atoms with Crippen molar-refractivity contribution in [2.75, 3.05) is 5.32 Å². The molecule has 1 aliphatic carbocycles. The molecule has 0 saturated heterocycles. The van der Waals surface area contributed by atoms with E-state index in [9.17, 15) is 14.7 Å². The van der Waals surface area contributed by atoms with Crippen LogP contribution < -0.4 is 10.8 Å². The van der Waals surface area contributed by atoms with Gasteiger partial charge in [0.2, 0.25) is 11.8 Å². The fraction of sp³-hybridized carbons (Fsp3) is 0.556. The lowest BCUT2D eigenvalue weighted by Crippen LogP contribution is -2.19. The summed E-state index contributed by atoms with van der Waals surface area (Å²) >= 11 is 2.04. The van der Waals surface area contributed by atoms with Crippen LogP contribution in [0.25, 0.3) is 0 Å². The number of fused-ring (bicyclic) bond motifs is 1. The average molecular weight is 492 g/mol. The number of nitrogens with one attached hydrogen (secondary N) is 2. The summed E-state index contributed by atoms with van der Waals surface area (Å²) in [5.74, 6) is -0.0834. The maximum Gasteiger partial charge on any atom is 0.243 e. The molecule has 144 valence electrons. The summed E-state index contributed by atoms with van der Waals surface area (Å²) in [5.41, 5.74) is 5.30. The smallest absolute Gasteiger partial charge is 0.243 e. The SMILES string of the molecule is O=C(CCCCCCC(=O)Nc1ccc2c(c1)CCCC2O)NOPI. The van der Waals surface area contributed by atoms with E-state index < -0.39 is 0 Å². The minimum absolute atomic E-state index is 0.00971. The molecule has 0 spiro atoms. The summed E-state index contributed by atoms with van der Waals surface area (Å²) in [6, 6.07) is 5.76. The molecule has 0 heterocycles. The van der Waals surface area contributed by atoms with Gasteiger partial charge in [0, 0.05) is 18.5 Å². The van der Waals surface area contributed by atoms with Gasteiger partial charge in [0.25, 0.3) is 0 Å². The monoisotopic (exact) mass is 492 g/mol. The molecule has 0 fully saturated rings. The third kappa shape index (κ3) is 7.47. The molecular weight excluding hydrogens is 466 g/mol. The number of hydroxylamine groups is 1. The van der Waals surface area contributed by atoms with Crippen LogP contribution in [-0.4, -0.2) is 16.9 Å². The van der Waals surface area contributed by atoms with E-state index in [2.05, 4.69) is 10.8 Å². The standard InChI is InChI=1S/C18H26IN2O4P/c19-26-25-21-18(24)9-4-2-1-3-8-17(23)20-14-10-11-15-13(12-14)6-5-7-16(15)22/h10-12,16,22,26H,1-9H2,(H,20,23)(H,21,24). The number of carbonyl (C=O) groups is 2. The van der Waals surface area contributed by atoms with Gasteiger partial charge in [-0.15, -0.1) is 0 Å². The Balaban J connectivity index is 1.61. The number of unbranched alkanes of at least 4 members (excludes halogenated alkanes) is 3. The minimum atomic E-state index is -0.376. The van der Waals surface area contributed by atoms with E-state index in [1.165, 1.54) is 0 Å². The molecule has 6 nitrogen and oxygen atoms in total. The van der Waals surface area contributed by atoms with Gasteiger partial charge in [-0.3, -0.25) is 9.59 Å². The predicted molar refractivity (Wildman–Crippen MR) is 112 cm³/mol. The first kappa shape index (κ1) is 21.5. The van der Waals surface area contributed by atoms with Crippen LogP contribution in [0.2, 0.25) is 0 Å². The molecule has 1 aromatic rings. The number of aryl methyl sites for hydroxylation is 1. The normalized spacial score (nSPS) is 16.5. The molecule has 2 rings (SSSR count). The number of rotatable bonds is 10. The highest BCUT2D eigenvalue weighted by atomic mass is 127. The van der Waals surface area contributed by atoms with Crippen LogP contribution >= 0.6 is 28.5 Å². The van der Waals surface area contributed by atoms with Crippen molar-refractivity contribution >= 4 is 46.0 Å². The molecule has 0 saturated carbocycles. The van der Waals surface area contributed by atoms with Gasteiger partial charge < -0.3 is 10.4 Å². The van der Waals surface area contributed by atoms with Gasteiger partial charge in [-0.05, 0) is 77.4 Å². The molecule has 2 unspecified atom stereocenters. The number of benzene rings is 1. The van der Waals surface area contributed by atoms with Gasteiger partial charge >= 0.3 is 0 Å². The van der Waals surface area contributed by atoms with Crippen molar-refractivity contribution < 1.29 is 19.3 Å². The summed E-state index contributed by atoms with van der Waals surface area (Å²) in [6.07, 6.45) is 6.75. The molecule has 0 bridgehead atoms. The molecule has 2 atom stereocenters. The second kappa shape index (κ2) is 11.8. The van der Waals surface area contributed by atoms with E-state index in [1.807, 2.05) is 40.2 Å². The van der Waals surface area contributed by atoms with Crippen molar-refractivity contribution in [2.45, 2.75) is 63.9 Å². The fourth-order valence-corrected chi connectivity index (χ4v) is 3.62. The lowest BCUT2D eigenvalue weighted by atomic mass is 9.89. The van der Waals surface area contributed by atoms with Crippen molar-refractivity contribution in [3.8, 4) is 0 Å². The highest BCUT2D eigenvalue weighted by molar-refractivity contribution is 14.2. The van der Waals surface area contributed by atoms with Crippen molar-refractivity contribution in [1.29, 1.82) is 0 Å². The Kier molecular flexibility index (Phi) is 9.82. The van der Waals surface area contributed by atoms with Crippen molar-refractivity contribution in [1.82, 2.24) is 5.48 Å². The Hall–Kier alpha value is -0.760. The van der Waals surface area contributed by atoms with E-state index in [0.717, 1.165) is 61.8 Å². The fourth-order valence-electron chi connectivity index (χ4n) is 3.14. The van der Waals surface area contributed by atoms with Crippen molar-refractivity contribution in [2.24, 2.45) is 0 Å². The maximum absolute atomic E-state index is 12.1. The van der Waals surface area contributed by atoms with Crippen molar-refractivity contribution in [3.63, 3.8) is 0 Å². The highest BCUT2D eigenvalue weighted by Gasteiger charge is 2.18. The van der Waals surface area contributed by atoms with Crippen molar-refractivity contribution in [3.05, 3.63) is 29.3 Å². The minimum Gasteiger partial charge on any atom is -0.388 e. The number of hydrogen-bond donors (Lipinski definition) is 3. The molecule has 0 aliphatic heterocycles. The molecule has 2 amide bonds. The Morgan fingerprint density at radius 2 is 1.92 bits per heavy atom. The van der Waals surface area contributed by atoms with Gasteiger partial charge in [-0.2, -0.15) is 0 Å². The van der Waals surface area contributed by atoms with Crippen LogP contribution in [0.4, 0.5) is 5.69 Å². The summed E-state index contributed by atoms with van der Waals surface area (Å²) < 4.78 is 4.85. The molecule has 26 heavy (non-hydrogen) atoms. The average Bonchev–Trinajstić information content (AvgIpc) is 2.63. The lowest BCUT2D eigenvalue weighted by Gasteiger charge is -2.22. The molecule has 3 N–H and O–H groups in total. The van der Waals surface area contributed by atoms with E-state index >= 15 is 0 Å². The van der Waals surface area contributed by atoms with Crippen LogP contribution in [0.15, 0.2) is 18.2 Å². The van der Waals surface area contributed by atoms with Gasteiger partial charge in [0.1, 0.15) is 6.45 Å². The predicted octanol–water partition coefficient (Wildman–Crippen LogP) is 4.33. The first-order valence-electron chi connectivity index (χ1n) is 9.01. The zero-order valence-corrected chi connectivity index (χ0v) is 17.9. The summed E-state index contributed by atoms with van der Waals surface area (Å²) in [5, 5.41) is 12.9. The lowest BCUT2D eigenvalue weighted by molar-refractivity contribution is -0.127. The zero-order valence-electron chi connectivity index (χ0n) is 14.7. The van der Waals surface area contributed by atoms with Crippen LogP contribution in [0, 0.1) is 0 Å². The van der Waals surface area contributed by atoms with Gasteiger partial charge in [-0.25, -0.2) is 10.1 Å².